The van der Waals surface area contributed by atoms with Gasteiger partial charge in [0.1, 0.15) is 0 Å². The third-order valence-corrected chi connectivity index (χ3v) is 2.80. The van der Waals surface area contributed by atoms with Crippen molar-refractivity contribution in [2.75, 3.05) is 0 Å². The van der Waals surface area contributed by atoms with Gasteiger partial charge in [-0.05, 0) is 34.0 Å². The van der Waals surface area contributed by atoms with Crippen LogP contribution in [0.2, 0.25) is 0 Å². The average Bonchev–Trinajstić information content (AvgIpc) is 2.61. The van der Waals surface area contributed by atoms with Gasteiger partial charge in [-0.15, -0.1) is 0 Å². The number of aromatic nitrogens is 1. The van der Waals surface area contributed by atoms with Gasteiger partial charge in [0.05, 0.1) is 5.56 Å². The number of benzene rings is 1. The van der Waals surface area contributed by atoms with Gasteiger partial charge in [-0.25, -0.2) is 4.79 Å². The van der Waals surface area contributed by atoms with Crippen LogP contribution in [0.5, 0.6) is 0 Å². The Balaban J connectivity index is 2.68. The van der Waals surface area contributed by atoms with E-state index in [0.29, 0.717) is 10.2 Å². The second-order valence-electron chi connectivity index (χ2n) is 3.30. The van der Waals surface area contributed by atoms with E-state index < -0.39 is 5.97 Å². The van der Waals surface area contributed by atoms with E-state index in [4.69, 9.17) is 9.63 Å². The molecule has 0 saturated carbocycles. The number of carboxylic acids is 1. The first-order chi connectivity index (χ1) is 7.61. The van der Waals surface area contributed by atoms with Gasteiger partial charge in [0.15, 0.2) is 4.60 Å². The van der Waals surface area contributed by atoms with Crippen molar-refractivity contribution in [1.29, 1.82) is 0 Å². The van der Waals surface area contributed by atoms with Crippen LogP contribution in [0.15, 0.2) is 33.4 Å². The Kier molecular flexibility index (Phi) is 2.78. The van der Waals surface area contributed by atoms with E-state index in [-0.39, 0.29) is 5.76 Å². The Bertz CT molecular complexity index is 548. The number of carbonyl (C=O) groups is 1. The van der Waals surface area contributed by atoms with Crippen molar-refractivity contribution >= 4 is 21.9 Å². The van der Waals surface area contributed by atoms with E-state index in [1.54, 1.807) is 0 Å². The standard InChI is InChI=1S/C11H8BrNO3/c1-6-4-2-3-5-7(6)8-9(11(14)15)16-13-10(8)12/h2-5H,1H3,(H,14,15). The summed E-state index contributed by atoms with van der Waals surface area (Å²) in [4.78, 5) is 11.0. The van der Waals surface area contributed by atoms with Crippen LogP contribution in [0.3, 0.4) is 0 Å². The zero-order chi connectivity index (χ0) is 11.7. The fourth-order valence-electron chi connectivity index (χ4n) is 1.50. The van der Waals surface area contributed by atoms with Gasteiger partial charge in [-0.2, -0.15) is 0 Å². The highest BCUT2D eigenvalue weighted by molar-refractivity contribution is 9.10. The summed E-state index contributed by atoms with van der Waals surface area (Å²) < 4.78 is 5.17. The second-order valence-corrected chi connectivity index (χ2v) is 4.05. The molecule has 0 aliphatic carbocycles. The highest BCUT2D eigenvalue weighted by Gasteiger charge is 2.22. The molecule has 5 heteroatoms. The number of carboxylic acid groups (broad SMARTS) is 1. The summed E-state index contributed by atoms with van der Waals surface area (Å²) in [6, 6.07) is 7.47. The van der Waals surface area contributed by atoms with Crippen LogP contribution in [-0.4, -0.2) is 16.2 Å². The van der Waals surface area contributed by atoms with Crippen LogP contribution < -0.4 is 0 Å². The number of nitrogens with zero attached hydrogens (tertiary/aromatic N) is 1. The van der Waals surface area contributed by atoms with E-state index in [9.17, 15) is 4.79 Å². The number of hydrogen-bond donors (Lipinski definition) is 1. The van der Waals surface area contributed by atoms with E-state index >= 15 is 0 Å². The molecule has 0 saturated heterocycles. The molecular formula is C11H8BrNO3. The molecule has 0 aliphatic heterocycles. The molecule has 0 fully saturated rings. The first-order valence-corrected chi connectivity index (χ1v) is 5.35. The monoisotopic (exact) mass is 281 g/mol. The summed E-state index contributed by atoms with van der Waals surface area (Å²) in [6.07, 6.45) is 0. The topological polar surface area (TPSA) is 63.3 Å². The molecule has 82 valence electrons. The maximum Gasteiger partial charge on any atom is 0.375 e. The normalized spacial score (nSPS) is 10.4. The average molecular weight is 282 g/mol. The lowest BCUT2D eigenvalue weighted by Gasteiger charge is -2.03. The molecule has 2 rings (SSSR count). The lowest BCUT2D eigenvalue weighted by atomic mass is 10.0. The minimum Gasteiger partial charge on any atom is -0.475 e. The molecule has 1 N–H and O–H groups in total. The first-order valence-electron chi connectivity index (χ1n) is 4.55. The maximum atomic E-state index is 11.0. The fraction of sp³-hybridized carbons (Fsp3) is 0.0909. The number of rotatable bonds is 2. The number of aryl methyl sites for hydroxylation is 1. The van der Waals surface area contributed by atoms with Crippen LogP contribution in [0.4, 0.5) is 0 Å². The molecule has 0 bridgehead atoms. The Morgan fingerprint density at radius 1 is 1.44 bits per heavy atom. The van der Waals surface area contributed by atoms with Crippen molar-refractivity contribution in [3.05, 3.63) is 40.2 Å². The van der Waals surface area contributed by atoms with Crippen LogP contribution in [0.1, 0.15) is 16.1 Å². The molecule has 16 heavy (non-hydrogen) atoms. The summed E-state index contributed by atoms with van der Waals surface area (Å²) in [7, 11) is 0. The van der Waals surface area contributed by atoms with E-state index in [1.807, 2.05) is 31.2 Å². The first kappa shape index (κ1) is 10.9. The van der Waals surface area contributed by atoms with Gasteiger partial charge in [0.2, 0.25) is 0 Å². The second kappa shape index (κ2) is 4.09. The molecule has 0 atom stereocenters. The van der Waals surface area contributed by atoms with Gasteiger partial charge in [0.25, 0.3) is 5.76 Å². The van der Waals surface area contributed by atoms with Gasteiger partial charge >= 0.3 is 5.97 Å². The summed E-state index contributed by atoms with van der Waals surface area (Å²) in [5.74, 6) is -1.28. The van der Waals surface area contributed by atoms with E-state index in [2.05, 4.69) is 21.1 Å². The lowest BCUT2D eigenvalue weighted by Crippen LogP contribution is -1.97. The minimum absolute atomic E-state index is 0.152. The van der Waals surface area contributed by atoms with Crippen molar-refractivity contribution in [1.82, 2.24) is 5.16 Å². The molecular weight excluding hydrogens is 274 g/mol. The number of halogens is 1. The molecule has 0 radical (unpaired) electrons. The highest BCUT2D eigenvalue weighted by atomic mass is 79.9. The van der Waals surface area contributed by atoms with Crippen LogP contribution in [-0.2, 0) is 0 Å². The maximum absolute atomic E-state index is 11.0. The molecule has 2 aromatic rings. The Hall–Kier alpha value is -1.62. The molecule has 0 aliphatic rings. The van der Waals surface area contributed by atoms with Gasteiger partial charge < -0.3 is 9.63 Å². The van der Waals surface area contributed by atoms with Crippen LogP contribution in [0.25, 0.3) is 11.1 Å². The largest absolute Gasteiger partial charge is 0.475 e. The van der Waals surface area contributed by atoms with Crippen molar-refractivity contribution in [3.8, 4) is 11.1 Å². The predicted molar refractivity (Wildman–Crippen MR) is 61.3 cm³/mol. The molecule has 4 nitrogen and oxygen atoms in total. The van der Waals surface area contributed by atoms with Crippen molar-refractivity contribution in [2.24, 2.45) is 0 Å². The molecule has 1 aromatic heterocycles. The van der Waals surface area contributed by atoms with Gasteiger partial charge in [-0.1, -0.05) is 29.4 Å². The summed E-state index contributed by atoms with van der Waals surface area (Å²) in [5, 5.41) is 12.6. The van der Waals surface area contributed by atoms with Crippen LogP contribution >= 0.6 is 15.9 Å². The molecule has 0 spiro atoms. The highest BCUT2D eigenvalue weighted by Crippen LogP contribution is 2.33. The van der Waals surface area contributed by atoms with E-state index in [1.165, 1.54) is 0 Å². The number of hydrogen-bond acceptors (Lipinski definition) is 3. The molecule has 0 unspecified atom stereocenters. The predicted octanol–water partition coefficient (Wildman–Crippen LogP) is 3.11. The number of aromatic carboxylic acids is 1. The zero-order valence-electron chi connectivity index (χ0n) is 8.40. The minimum atomic E-state index is -1.13. The summed E-state index contributed by atoms with van der Waals surface area (Å²) >= 11 is 3.19. The summed E-state index contributed by atoms with van der Waals surface area (Å²) in [6.45, 7) is 1.90. The molecule has 0 amide bonds. The third-order valence-electron chi connectivity index (χ3n) is 2.26. The summed E-state index contributed by atoms with van der Waals surface area (Å²) in [5.41, 5.74) is 2.24. The van der Waals surface area contributed by atoms with E-state index in [0.717, 1.165) is 11.1 Å². The Morgan fingerprint density at radius 2 is 2.12 bits per heavy atom. The van der Waals surface area contributed by atoms with Crippen LogP contribution in [0, 0.1) is 6.92 Å². The molecule has 1 heterocycles. The van der Waals surface area contributed by atoms with Crippen molar-refractivity contribution < 1.29 is 14.4 Å². The van der Waals surface area contributed by atoms with Gasteiger partial charge in [0, 0.05) is 0 Å². The quantitative estimate of drug-likeness (QED) is 0.919. The smallest absolute Gasteiger partial charge is 0.375 e. The van der Waals surface area contributed by atoms with Gasteiger partial charge in [-0.3, -0.25) is 0 Å². The zero-order valence-corrected chi connectivity index (χ0v) is 9.98. The molecule has 1 aromatic carbocycles. The Labute approximate surface area is 100 Å². The fourth-order valence-corrected chi connectivity index (χ4v) is 1.97. The third kappa shape index (κ3) is 1.74. The SMILES string of the molecule is Cc1ccccc1-c1c(Br)noc1C(=O)O. The van der Waals surface area contributed by atoms with Crippen molar-refractivity contribution in [3.63, 3.8) is 0 Å². The Morgan fingerprint density at radius 3 is 2.75 bits per heavy atom. The van der Waals surface area contributed by atoms with Crippen molar-refractivity contribution in [2.45, 2.75) is 6.92 Å². The lowest BCUT2D eigenvalue weighted by molar-refractivity contribution is 0.0653.